The summed E-state index contributed by atoms with van der Waals surface area (Å²) in [7, 11) is 0. The van der Waals surface area contributed by atoms with Gasteiger partial charge in [0.15, 0.2) is 5.69 Å². The second kappa shape index (κ2) is 7.77. The molecule has 0 unspecified atom stereocenters. The van der Waals surface area contributed by atoms with Crippen LogP contribution in [0.1, 0.15) is 31.0 Å². The normalized spacial score (nSPS) is 10.7. The van der Waals surface area contributed by atoms with Crippen LogP contribution < -0.4 is 16.6 Å². The molecule has 1 aromatic carbocycles. The van der Waals surface area contributed by atoms with Crippen LogP contribution in [0.15, 0.2) is 44.4 Å². The summed E-state index contributed by atoms with van der Waals surface area (Å²) in [6, 6.07) is 8.65. The van der Waals surface area contributed by atoms with E-state index in [1.807, 2.05) is 6.92 Å². The lowest BCUT2D eigenvalue weighted by Crippen LogP contribution is -2.41. The van der Waals surface area contributed by atoms with Crippen LogP contribution in [0.2, 0.25) is 0 Å². The lowest BCUT2D eigenvalue weighted by Gasteiger charge is -2.09. The Kier molecular flexibility index (Phi) is 5.25. The van der Waals surface area contributed by atoms with E-state index in [4.69, 9.17) is 4.52 Å². The van der Waals surface area contributed by atoms with Crippen molar-refractivity contribution in [3.05, 3.63) is 57.1 Å². The third-order valence-corrected chi connectivity index (χ3v) is 3.74. The van der Waals surface area contributed by atoms with E-state index in [0.29, 0.717) is 12.2 Å². The summed E-state index contributed by atoms with van der Waals surface area (Å²) in [5, 5.41) is 10.4. The maximum absolute atomic E-state index is 12.6. The molecule has 0 radical (unpaired) electrons. The van der Waals surface area contributed by atoms with Crippen molar-refractivity contribution in [3.63, 3.8) is 0 Å². The fourth-order valence-electron chi connectivity index (χ4n) is 2.40. The summed E-state index contributed by atoms with van der Waals surface area (Å²) in [6.07, 6.45) is 0.748. The van der Waals surface area contributed by atoms with E-state index in [9.17, 15) is 14.4 Å². The predicted octanol–water partition coefficient (Wildman–Crippen LogP) is 0.604. The van der Waals surface area contributed by atoms with Gasteiger partial charge < -0.3 is 9.84 Å². The summed E-state index contributed by atoms with van der Waals surface area (Å²) in [4.78, 5) is 41.1. The van der Waals surface area contributed by atoms with Gasteiger partial charge in [-0.05, 0) is 25.5 Å². The number of nitrogens with one attached hydrogen (secondary N) is 1. The largest absolute Gasteiger partial charge is 0.352 e. The Morgan fingerprint density at radius 3 is 2.59 bits per heavy atom. The van der Waals surface area contributed by atoms with Crippen LogP contribution in [-0.4, -0.2) is 36.9 Å². The first-order chi connectivity index (χ1) is 13.1. The van der Waals surface area contributed by atoms with E-state index in [1.54, 1.807) is 37.3 Å². The molecule has 0 bridgehead atoms. The Morgan fingerprint density at radius 2 is 1.93 bits per heavy atom. The minimum absolute atomic E-state index is 0.141. The molecule has 0 saturated carbocycles. The van der Waals surface area contributed by atoms with Gasteiger partial charge in [-0.15, -0.1) is 0 Å². The summed E-state index contributed by atoms with van der Waals surface area (Å²) >= 11 is 0. The third-order valence-electron chi connectivity index (χ3n) is 3.74. The van der Waals surface area contributed by atoms with E-state index in [0.717, 1.165) is 15.7 Å². The van der Waals surface area contributed by atoms with Gasteiger partial charge in [-0.3, -0.25) is 14.2 Å². The molecule has 3 rings (SSSR count). The van der Waals surface area contributed by atoms with Gasteiger partial charge in [0.2, 0.25) is 5.82 Å². The standard InChI is InChI=1S/C17H18N6O4/c1-3-10-18-14(24)15-19-13(21-27-15)12-16(25)22(4-2)17(26)23(20-12)11-8-6-5-7-9-11/h5-9H,3-4,10H2,1-2H3,(H,18,24). The van der Waals surface area contributed by atoms with Gasteiger partial charge in [-0.25, -0.2) is 4.79 Å². The van der Waals surface area contributed by atoms with E-state index in [1.165, 1.54) is 0 Å². The second-order valence-corrected chi connectivity index (χ2v) is 5.61. The molecule has 1 N–H and O–H groups in total. The summed E-state index contributed by atoms with van der Waals surface area (Å²) < 4.78 is 7.04. The molecule has 2 aromatic heterocycles. The molecular weight excluding hydrogens is 352 g/mol. The van der Waals surface area contributed by atoms with Crippen LogP contribution in [-0.2, 0) is 6.54 Å². The van der Waals surface area contributed by atoms with Gasteiger partial charge in [0.25, 0.3) is 5.56 Å². The SMILES string of the molecule is CCCNC(=O)c1nc(-c2nn(-c3ccccc3)c(=O)n(CC)c2=O)no1. The van der Waals surface area contributed by atoms with E-state index in [-0.39, 0.29) is 24.0 Å². The van der Waals surface area contributed by atoms with Crippen molar-refractivity contribution in [2.24, 2.45) is 0 Å². The Hall–Kier alpha value is -3.56. The smallest absolute Gasteiger partial charge is 0.348 e. The van der Waals surface area contributed by atoms with Crippen molar-refractivity contribution in [3.8, 4) is 17.2 Å². The third kappa shape index (κ3) is 3.54. The molecule has 0 aliphatic heterocycles. The van der Waals surface area contributed by atoms with Crippen LogP contribution in [0, 0.1) is 0 Å². The van der Waals surface area contributed by atoms with Crippen molar-refractivity contribution in [2.45, 2.75) is 26.8 Å². The highest BCUT2D eigenvalue weighted by Crippen LogP contribution is 2.09. The average Bonchev–Trinajstić information content (AvgIpc) is 3.17. The van der Waals surface area contributed by atoms with Gasteiger partial charge in [-0.2, -0.15) is 14.8 Å². The van der Waals surface area contributed by atoms with Crippen molar-refractivity contribution >= 4 is 5.91 Å². The molecule has 27 heavy (non-hydrogen) atoms. The lowest BCUT2D eigenvalue weighted by atomic mass is 10.3. The number of rotatable bonds is 6. The molecule has 0 spiro atoms. The zero-order chi connectivity index (χ0) is 19.4. The molecule has 1 amide bonds. The number of carbonyl (C=O) groups excluding carboxylic acids is 1. The first kappa shape index (κ1) is 18.2. The zero-order valence-electron chi connectivity index (χ0n) is 14.9. The number of nitrogens with zero attached hydrogens (tertiary/aromatic N) is 5. The van der Waals surface area contributed by atoms with Gasteiger partial charge in [0.1, 0.15) is 0 Å². The van der Waals surface area contributed by atoms with Crippen LogP contribution in [0.25, 0.3) is 17.2 Å². The number of amides is 1. The van der Waals surface area contributed by atoms with Crippen molar-refractivity contribution in [2.75, 3.05) is 6.54 Å². The molecular formula is C17H18N6O4. The fraction of sp³-hybridized carbons (Fsp3) is 0.294. The number of hydrogen-bond acceptors (Lipinski definition) is 7. The van der Waals surface area contributed by atoms with Gasteiger partial charge >= 0.3 is 17.5 Å². The Bertz CT molecular complexity index is 1070. The molecule has 0 fully saturated rings. The van der Waals surface area contributed by atoms with Crippen LogP contribution >= 0.6 is 0 Å². The van der Waals surface area contributed by atoms with Gasteiger partial charge in [0.05, 0.1) is 5.69 Å². The van der Waals surface area contributed by atoms with Gasteiger partial charge in [-0.1, -0.05) is 30.3 Å². The van der Waals surface area contributed by atoms with Gasteiger partial charge in [0, 0.05) is 13.1 Å². The molecule has 0 aliphatic rings. The van der Waals surface area contributed by atoms with E-state index < -0.39 is 17.2 Å². The molecule has 0 saturated heterocycles. The Labute approximate surface area is 153 Å². The molecule has 3 aromatic rings. The maximum atomic E-state index is 12.6. The molecule has 0 aliphatic carbocycles. The highest BCUT2D eigenvalue weighted by molar-refractivity contribution is 5.89. The van der Waals surface area contributed by atoms with Crippen LogP contribution in [0.3, 0.4) is 0 Å². The highest BCUT2D eigenvalue weighted by atomic mass is 16.5. The van der Waals surface area contributed by atoms with E-state index in [2.05, 4.69) is 20.6 Å². The highest BCUT2D eigenvalue weighted by Gasteiger charge is 2.22. The lowest BCUT2D eigenvalue weighted by molar-refractivity contribution is 0.0910. The summed E-state index contributed by atoms with van der Waals surface area (Å²) in [5.74, 6) is -0.975. The predicted molar refractivity (Wildman–Crippen MR) is 95.7 cm³/mol. The number of aromatic nitrogens is 5. The van der Waals surface area contributed by atoms with Crippen molar-refractivity contribution in [1.29, 1.82) is 0 Å². The molecule has 10 heteroatoms. The number of benzene rings is 1. The number of para-hydroxylation sites is 1. The second-order valence-electron chi connectivity index (χ2n) is 5.61. The first-order valence-corrected chi connectivity index (χ1v) is 8.48. The van der Waals surface area contributed by atoms with E-state index >= 15 is 0 Å². The first-order valence-electron chi connectivity index (χ1n) is 8.48. The molecule has 140 valence electrons. The zero-order valence-corrected chi connectivity index (χ0v) is 14.9. The monoisotopic (exact) mass is 370 g/mol. The van der Waals surface area contributed by atoms with Crippen LogP contribution in [0.4, 0.5) is 0 Å². The number of carbonyl (C=O) groups is 1. The minimum atomic E-state index is -0.656. The van der Waals surface area contributed by atoms with Crippen molar-refractivity contribution < 1.29 is 9.32 Å². The number of hydrogen-bond donors (Lipinski definition) is 1. The summed E-state index contributed by atoms with van der Waals surface area (Å²) in [5.41, 5.74) is -0.938. The Balaban J connectivity index is 2.11. The molecule has 2 heterocycles. The Morgan fingerprint density at radius 1 is 1.19 bits per heavy atom. The quantitative estimate of drug-likeness (QED) is 0.673. The summed E-state index contributed by atoms with van der Waals surface area (Å²) in [6.45, 7) is 4.17. The fourth-order valence-corrected chi connectivity index (χ4v) is 2.40. The molecule has 10 nitrogen and oxygen atoms in total. The average molecular weight is 370 g/mol. The maximum Gasteiger partial charge on any atom is 0.352 e. The minimum Gasteiger partial charge on any atom is -0.348 e. The molecule has 0 atom stereocenters. The van der Waals surface area contributed by atoms with Crippen molar-refractivity contribution in [1.82, 2.24) is 29.8 Å². The van der Waals surface area contributed by atoms with Crippen LogP contribution in [0.5, 0.6) is 0 Å². The topological polar surface area (TPSA) is 125 Å².